The second kappa shape index (κ2) is 5.02. The van der Waals surface area contributed by atoms with E-state index in [9.17, 15) is 4.79 Å². The summed E-state index contributed by atoms with van der Waals surface area (Å²) in [6.45, 7) is 2.01. The highest BCUT2D eigenvalue weighted by molar-refractivity contribution is 5.80. The summed E-state index contributed by atoms with van der Waals surface area (Å²) in [6, 6.07) is 0. The number of aliphatic hydroxyl groups is 1. The van der Waals surface area contributed by atoms with Crippen molar-refractivity contribution in [2.75, 3.05) is 6.54 Å². The number of carbonyl (C=O) groups is 1. The minimum Gasteiger partial charge on any atom is -0.392 e. The maximum Gasteiger partial charge on any atom is 0.227 e. The van der Waals surface area contributed by atoms with Crippen molar-refractivity contribution >= 4 is 5.91 Å². The highest BCUT2D eigenvalue weighted by atomic mass is 16.3. The third-order valence-electron chi connectivity index (χ3n) is 2.16. The molecule has 0 bridgehead atoms. The first-order chi connectivity index (χ1) is 6.20. The number of aliphatic hydroxyl groups excluding tert-OH is 1. The van der Waals surface area contributed by atoms with E-state index in [0.717, 1.165) is 19.3 Å². The number of hydrogen-bond donors (Lipinski definition) is 2. The summed E-state index contributed by atoms with van der Waals surface area (Å²) in [4.78, 5) is 11.4. The molecular weight excluding hydrogens is 166 g/mol. The molecule has 74 valence electrons. The largest absolute Gasteiger partial charge is 0.392 e. The van der Waals surface area contributed by atoms with Crippen molar-refractivity contribution in [3.8, 4) is 0 Å². The molecule has 0 aliphatic heterocycles. The van der Waals surface area contributed by atoms with Gasteiger partial charge in [-0.25, -0.2) is 0 Å². The van der Waals surface area contributed by atoms with Gasteiger partial charge in [-0.1, -0.05) is 12.2 Å². The van der Waals surface area contributed by atoms with E-state index in [0.29, 0.717) is 6.54 Å². The number of rotatable bonds is 3. The smallest absolute Gasteiger partial charge is 0.227 e. The van der Waals surface area contributed by atoms with Crippen LogP contribution in [0.25, 0.3) is 0 Å². The maximum absolute atomic E-state index is 11.4. The summed E-state index contributed by atoms with van der Waals surface area (Å²) < 4.78 is 0. The predicted octanol–water partition coefficient (Wildman–Crippen LogP) is 0.840. The monoisotopic (exact) mass is 183 g/mol. The Labute approximate surface area is 78.8 Å². The van der Waals surface area contributed by atoms with Crippen molar-refractivity contribution < 1.29 is 9.90 Å². The van der Waals surface area contributed by atoms with Crippen molar-refractivity contribution in [1.29, 1.82) is 0 Å². The van der Waals surface area contributed by atoms with Gasteiger partial charge in [-0.3, -0.25) is 4.79 Å². The average Bonchev–Trinajstić information content (AvgIpc) is 2.15. The number of nitrogens with one attached hydrogen (secondary N) is 1. The third-order valence-corrected chi connectivity index (χ3v) is 2.16. The first kappa shape index (κ1) is 10.3. The lowest BCUT2D eigenvalue weighted by molar-refractivity contribution is -0.124. The fourth-order valence-electron chi connectivity index (χ4n) is 1.41. The summed E-state index contributed by atoms with van der Waals surface area (Å²) in [7, 11) is 0. The van der Waals surface area contributed by atoms with Crippen molar-refractivity contribution in [1.82, 2.24) is 5.32 Å². The van der Waals surface area contributed by atoms with E-state index in [2.05, 4.69) is 11.4 Å². The van der Waals surface area contributed by atoms with Gasteiger partial charge in [0.05, 0.1) is 12.0 Å². The number of allylic oxidation sites excluding steroid dienone is 1. The fourth-order valence-corrected chi connectivity index (χ4v) is 1.41. The van der Waals surface area contributed by atoms with Crippen LogP contribution < -0.4 is 5.32 Å². The van der Waals surface area contributed by atoms with E-state index in [1.54, 1.807) is 6.92 Å². The lowest BCUT2D eigenvalue weighted by Gasteiger charge is -2.16. The van der Waals surface area contributed by atoms with Crippen LogP contribution in [0, 0.1) is 5.92 Å². The Kier molecular flexibility index (Phi) is 3.96. The van der Waals surface area contributed by atoms with E-state index in [1.165, 1.54) is 0 Å². The minimum atomic E-state index is -0.462. The van der Waals surface area contributed by atoms with Crippen molar-refractivity contribution in [3.63, 3.8) is 0 Å². The maximum atomic E-state index is 11.4. The topological polar surface area (TPSA) is 49.3 Å². The summed E-state index contributed by atoms with van der Waals surface area (Å²) in [6.07, 6.45) is 6.65. The van der Waals surface area contributed by atoms with Crippen molar-refractivity contribution in [2.24, 2.45) is 5.92 Å². The molecule has 3 heteroatoms. The standard InChI is InChI=1S/C10H17NO2/c1-8(12)7-11-10(13)9-5-3-2-4-6-9/h3,5,8-9,12H,2,4,6-7H2,1H3,(H,11,13)/t8-,9?/m0/s1. The number of hydrogen-bond acceptors (Lipinski definition) is 2. The molecule has 0 radical (unpaired) electrons. The lowest BCUT2D eigenvalue weighted by Crippen LogP contribution is -2.35. The molecule has 1 unspecified atom stereocenters. The molecule has 0 fully saturated rings. The molecule has 0 aromatic rings. The first-order valence-corrected chi connectivity index (χ1v) is 4.82. The zero-order chi connectivity index (χ0) is 9.68. The lowest BCUT2D eigenvalue weighted by atomic mass is 9.95. The number of amides is 1. The molecule has 1 aliphatic rings. The van der Waals surface area contributed by atoms with Crippen LogP contribution in [0.2, 0.25) is 0 Å². The Morgan fingerprint density at radius 1 is 1.77 bits per heavy atom. The van der Waals surface area contributed by atoms with Crippen LogP contribution in [0.1, 0.15) is 26.2 Å². The van der Waals surface area contributed by atoms with E-state index < -0.39 is 6.10 Å². The zero-order valence-electron chi connectivity index (χ0n) is 7.99. The highest BCUT2D eigenvalue weighted by Crippen LogP contribution is 2.16. The Balaban J connectivity index is 2.30. The summed E-state index contributed by atoms with van der Waals surface area (Å²) in [5.41, 5.74) is 0. The Bertz CT molecular complexity index is 199. The van der Waals surface area contributed by atoms with Gasteiger partial charge in [0, 0.05) is 6.54 Å². The molecule has 0 heterocycles. The molecule has 13 heavy (non-hydrogen) atoms. The van der Waals surface area contributed by atoms with E-state index in [1.807, 2.05) is 6.08 Å². The van der Waals surface area contributed by atoms with Gasteiger partial charge >= 0.3 is 0 Å². The first-order valence-electron chi connectivity index (χ1n) is 4.82. The van der Waals surface area contributed by atoms with E-state index in [-0.39, 0.29) is 11.8 Å². The second-order valence-corrected chi connectivity index (χ2v) is 3.56. The molecule has 0 saturated heterocycles. The van der Waals surface area contributed by atoms with Crippen LogP contribution in [0.15, 0.2) is 12.2 Å². The van der Waals surface area contributed by atoms with Crippen molar-refractivity contribution in [2.45, 2.75) is 32.3 Å². The summed E-state index contributed by atoms with van der Waals surface area (Å²) in [5.74, 6) is 0.0596. The van der Waals surface area contributed by atoms with Gasteiger partial charge in [0.15, 0.2) is 0 Å². The second-order valence-electron chi connectivity index (χ2n) is 3.56. The zero-order valence-corrected chi connectivity index (χ0v) is 7.99. The Hall–Kier alpha value is -0.830. The fraction of sp³-hybridized carbons (Fsp3) is 0.700. The van der Waals surface area contributed by atoms with Crippen LogP contribution >= 0.6 is 0 Å². The molecule has 0 aromatic carbocycles. The third kappa shape index (κ3) is 3.59. The number of carbonyl (C=O) groups excluding carboxylic acids is 1. The molecule has 2 atom stereocenters. The predicted molar refractivity (Wildman–Crippen MR) is 51.2 cm³/mol. The van der Waals surface area contributed by atoms with E-state index in [4.69, 9.17) is 5.11 Å². The van der Waals surface area contributed by atoms with Crippen LogP contribution in [0.3, 0.4) is 0 Å². The van der Waals surface area contributed by atoms with Crippen molar-refractivity contribution in [3.05, 3.63) is 12.2 Å². The van der Waals surface area contributed by atoms with Crippen LogP contribution in [-0.2, 0) is 4.79 Å². The summed E-state index contributed by atoms with van der Waals surface area (Å²) >= 11 is 0. The van der Waals surface area contributed by atoms with E-state index >= 15 is 0 Å². The molecule has 0 spiro atoms. The van der Waals surface area contributed by atoms with Crippen LogP contribution in [0.5, 0.6) is 0 Å². The van der Waals surface area contributed by atoms with Gasteiger partial charge < -0.3 is 10.4 Å². The highest BCUT2D eigenvalue weighted by Gasteiger charge is 2.16. The van der Waals surface area contributed by atoms with Gasteiger partial charge in [0.25, 0.3) is 0 Å². The molecule has 3 nitrogen and oxygen atoms in total. The van der Waals surface area contributed by atoms with Gasteiger partial charge in [-0.2, -0.15) is 0 Å². The molecule has 0 aromatic heterocycles. The normalized spacial score (nSPS) is 24.0. The molecule has 2 N–H and O–H groups in total. The van der Waals surface area contributed by atoms with Gasteiger partial charge in [-0.15, -0.1) is 0 Å². The van der Waals surface area contributed by atoms with Crippen LogP contribution in [0.4, 0.5) is 0 Å². The Morgan fingerprint density at radius 3 is 3.08 bits per heavy atom. The van der Waals surface area contributed by atoms with Gasteiger partial charge in [0.2, 0.25) is 5.91 Å². The molecule has 0 saturated carbocycles. The quantitative estimate of drug-likeness (QED) is 0.637. The summed E-state index contributed by atoms with van der Waals surface area (Å²) in [5, 5.41) is 11.7. The minimum absolute atomic E-state index is 0.0208. The molecular formula is C10H17NO2. The average molecular weight is 183 g/mol. The molecule has 1 aliphatic carbocycles. The molecule has 1 rings (SSSR count). The van der Waals surface area contributed by atoms with Gasteiger partial charge in [-0.05, 0) is 26.2 Å². The molecule has 1 amide bonds. The van der Waals surface area contributed by atoms with Gasteiger partial charge in [0.1, 0.15) is 0 Å². The SMILES string of the molecule is C[C@H](O)CNC(=O)C1C=CCCC1. The Morgan fingerprint density at radius 2 is 2.54 bits per heavy atom. The van der Waals surface area contributed by atoms with Crippen LogP contribution in [-0.4, -0.2) is 23.7 Å².